The van der Waals surface area contributed by atoms with Gasteiger partial charge >= 0.3 is 0 Å². The third kappa shape index (κ3) is 3.37. The van der Waals surface area contributed by atoms with Crippen LogP contribution in [0.5, 0.6) is 0 Å². The highest BCUT2D eigenvalue weighted by Crippen LogP contribution is 2.16. The molecule has 7 heteroatoms. The van der Waals surface area contributed by atoms with Crippen molar-refractivity contribution >= 4 is 21.6 Å². The molecule has 0 saturated carbocycles. The lowest BCUT2D eigenvalue weighted by atomic mass is 10.5. The van der Waals surface area contributed by atoms with E-state index in [4.69, 9.17) is 11.6 Å². The third-order valence-corrected chi connectivity index (χ3v) is 4.12. The molecule has 0 bridgehead atoms. The van der Waals surface area contributed by atoms with Crippen LogP contribution >= 0.6 is 11.6 Å². The third-order valence-electron chi connectivity index (χ3n) is 2.12. The van der Waals surface area contributed by atoms with Crippen LogP contribution in [-0.2, 0) is 10.0 Å². The molecule has 4 nitrogen and oxygen atoms in total. The monoisotopic (exact) mass is 280 g/mol. The summed E-state index contributed by atoms with van der Waals surface area (Å²) < 4.78 is 38.8. The molecule has 1 heterocycles. The summed E-state index contributed by atoms with van der Waals surface area (Å²) >= 11 is 5.55. The van der Waals surface area contributed by atoms with Gasteiger partial charge in [0.2, 0.25) is 5.03 Å². The molecule has 0 unspecified atom stereocenters. The second-order valence-electron chi connectivity index (χ2n) is 3.38. The first kappa shape index (κ1) is 14.3. The van der Waals surface area contributed by atoms with E-state index in [0.29, 0.717) is 13.0 Å². The van der Waals surface area contributed by atoms with Crippen molar-refractivity contribution < 1.29 is 12.8 Å². The Kier molecular flexibility index (Phi) is 5.30. The number of hydrogen-bond acceptors (Lipinski definition) is 3. The quantitative estimate of drug-likeness (QED) is 0.748. The van der Waals surface area contributed by atoms with Crippen LogP contribution in [0.2, 0.25) is 0 Å². The van der Waals surface area contributed by atoms with Gasteiger partial charge < -0.3 is 0 Å². The first-order chi connectivity index (χ1) is 8.04. The van der Waals surface area contributed by atoms with Crippen molar-refractivity contribution in [3.05, 3.63) is 24.1 Å². The summed E-state index contributed by atoms with van der Waals surface area (Å²) in [6.45, 7) is 2.28. The average molecular weight is 281 g/mol. The van der Waals surface area contributed by atoms with Gasteiger partial charge in [0, 0.05) is 25.2 Å². The number of rotatable bonds is 6. The van der Waals surface area contributed by atoms with Crippen LogP contribution in [0.15, 0.2) is 23.4 Å². The van der Waals surface area contributed by atoms with Crippen molar-refractivity contribution in [2.75, 3.05) is 19.0 Å². The highest BCUT2D eigenvalue weighted by atomic mass is 35.5. The first-order valence-electron chi connectivity index (χ1n) is 5.20. The largest absolute Gasteiger partial charge is 0.263 e. The van der Waals surface area contributed by atoms with Crippen molar-refractivity contribution in [2.24, 2.45) is 0 Å². The Morgan fingerprint density at radius 3 is 2.71 bits per heavy atom. The van der Waals surface area contributed by atoms with Crippen molar-refractivity contribution in [2.45, 2.75) is 18.4 Å². The van der Waals surface area contributed by atoms with Gasteiger partial charge in [0.05, 0.1) is 0 Å². The molecule has 96 valence electrons. The molecule has 0 radical (unpaired) electrons. The second kappa shape index (κ2) is 6.28. The van der Waals surface area contributed by atoms with Crippen molar-refractivity contribution in [3.8, 4) is 0 Å². The summed E-state index contributed by atoms with van der Waals surface area (Å²) in [5, 5.41) is -0.543. The Morgan fingerprint density at radius 2 is 2.18 bits per heavy atom. The van der Waals surface area contributed by atoms with Gasteiger partial charge in [0.1, 0.15) is 0 Å². The fourth-order valence-corrected chi connectivity index (χ4v) is 3.19. The first-order valence-corrected chi connectivity index (χ1v) is 7.18. The van der Waals surface area contributed by atoms with E-state index in [0.717, 1.165) is 10.4 Å². The summed E-state index contributed by atoms with van der Waals surface area (Å²) in [6.07, 6.45) is 1.88. The summed E-state index contributed by atoms with van der Waals surface area (Å²) in [5.41, 5.74) is 0. The molecule has 0 aliphatic rings. The van der Waals surface area contributed by atoms with Crippen LogP contribution in [0.1, 0.15) is 13.3 Å². The molecule has 0 amide bonds. The molecule has 0 spiro atoms. The van der Waals surface area contributed by atoms with Crippen LogP contribution in [0.3, 0.4) is 0 Å². The van der Waals surface area contributed by atoms with Gasteiger partial charge in [-0.05, 0) is 18.6 Å². The van der Waals surface area contributed by atoms with E-state index >= 15 is 0 Å². The lowest BCUT2D eigenvalue weighted by Crippen LogP contribution is -2.34. The zero-order chi connectivity index (χ0) is 12.9. The highest BCUT2D eigenvalue weighted by Gasteiger charge is 2.27. The van der Waals surface area contributed by atoms with Crippen LogP contribution in [0.4, 0.5) is 4.39 Å². The second-order valence-corrected chi connectivity index (χ2v) is 5.61. The van der Waals surface area contributed by atoms with Gasteiger partial charge in [0.15, 0.2) is 5.82 Å². The minimum Gasteiger partial charge on any atom is -0.241 e. The van der Waals surface area contributed by atoms with Gasteiger partial charge in [-0.2, -0.15) is 4.31 Å². The lowest BCUT2D eigenvalue weighted by Gasteiger charge is -2.19. The molecule has 1 aromatic rings. The number of nitrogens with zero attached hydrogens (tertiary/aromatic N) is 2. The lowest BCUT2D eigenvalue weighted by molar-refractivity contribution is 0.421. The molecule has 0 atom stereocenters. The molecule has 0 aliphatic carbocycles. The van der Waals surface area contributed by atoms with Gasteiger partial charge in [0.25, 0.3) is 10.0 Å². The summed E-state index contributed by atoms with van der Waals surface area (Å²) in [5.74, 6) is -0.684. The van der Waals surface area contributed by atoms with Crippen molar-refractivity contribution in [1.82, 2.24) is 9.29 Å². The zero-order valence-corrected chi connectivity index (χ0v) is 11.0. The molecule has 1 rings (SSSR count). The maximum absolute atomic E-state index is 13.4. The summed E-state index contributed by atoms with van der Waals surface area (Å²) in [7, 11) is -3.89. The maximum Gasteiger partial charge on any atom is 0.263 e. The topological polar surface area (TPSA) is 50.3 Å². The molecule has 17 heavy (non-hydrogen) atoms. The zero-order valence-electron chi connectivity index (χ0n) is 9.44. The molecular weight excluding hydrogens is 267 g/mol. The van der Waals surface area contributed by atoms with Crippen molar-refractivity contribution in [3.63, 3.8) is 0 Å². The molecule has 0 N–H and O–H groups in total. The van der Waals surface area contributed by atoms with E-state index in [1.165, 1.54) is 12.3 Å². The smallest absolute Gasteiger partial charge is 0.241 e. The normalized spacial score (nSPS) is 12.0. The fraction of sp³-hybridized carbons (Fsp3) is 0.500. The number of halogens is 2. The van der Waals surface area contributed by atoms with E-state index in [-0.39, 0.29) is 12.4 Å². The predicted octanol–water partition coefficient (Wildman–Crippen LogP) is 1.86. The number of aromatic nitrogens is 1. The van der Waals surface area contributed by atoms with Crippen LogP contribution in [0.25, 0.3) is 0 Å². The van der Waals surface area contributed by atoms with Gasteiger partial charge in [-0.15, -0.1) is 11.6 Å². The highest BCUT2D eigenvalue weighted by molar-refractivity contribution is 7.89. The van der Waals surface area contributed by atoms with E-state index < -0.39 is 20.9 Å². The number of sulfonamides is 1. The van der Waals surface area contributed by atoms with E-state index in [2.05, 4.69) is 4.98 Å². The molecule has 0 saturated heterocycles. The van der Waals surface area contributed by atoms with E-state index in [1.807, 2.05) is 6.92 Å². The maximum atomic E-state index is 13.4. The van der Waals surface area contributed by atoms with Crippen LogP contribution in [0, 0.1) is 5.82 Å². The Hall–Kier alpha value is -0.720. The van der Waals surface area contributed by atoms with Crippen molar-refractivity contribution in [1.29, 1.82) is 0 Å². The van der Waals surface area contributed by atoms with Crippen LogP contribution in [-0.4, -0.2) is 36.7 Å². The van der Waals surface area contributed by atoms with E-state index in [1.54, 1.807) is 0 Å². The Balaban J connectivity index is 3.12. The Morgan fingerprint density at radius 1 is 1.47 bits per heavy atom. The minimum absolute atomic E-state index is 0.147. The Bertz CT molecular complexity index is 461. The number of pyridine rings is 1. The molecule has 0 fully saturated rings. The minimum atomic E-state index is -3.89. The number of alkyl halides is 1. The predicted molar refractivity (Wildman–Crippen MR) is 64.0 cm³/mol. The molecule has 0 aliphatic heterocycles. The van der Waals surface area contributed by atoms with Crippen LogP contribution < -0.4 is 0 Å². The summed E-state index contributed by atoms with van der Waals surface area (Å²) in [6, 6.07) is 2.42. The standard InChI is InChI=1S/C10H14ClFN2O2S/c1-2-7-14(8-5-11)17(15,16)10-9(12)4-3-6-13-10/h3-4,6H,2,5,7-8H2,1H3. The molecular formula is C10H14ClFN2O2S. The fourth-order valence-electron chi connectivity index (χ4n) is 1.38. The van der Waals surface area contributed by atoms with Gasteiger partial charge in [-0.1, -0.05) is 6.92 Å². The Labute approximate surface area is 105 Å². The van der Waals surface area contributed by atoms with E-state index in [9.17, 15) is 12.8 Å². The van der Waals surface area contributed by atoms with Gasteiger partial charge in [-0.25, -0.2) is 17.8 Å². The summed E-state index contributed by atoms with van der Waals surface area (Å²) in [4.78, 5) is 3.59. The molecule has 1 aromatic heterocycles. The molecule has 0 aromatic carbocycles. The average Bonchev–Trinajstić information content (AvgIpc) is 2.29. The van der Waals surface area contributed by atoms with Gasteiger partial charge in [-0.3, -0.25) is 0 Å². The SMILES string of the molecule is CCCN(CCCl)S(=O)(=O)c1ncccc1F. The number of hydrogen-bond donors (Lipinski definition) is 0.